The van der Waals surface area contributed by atoms with Gasteiger partial charge in [-0.1, -0.05) is 12.1 Å². The molecule has 130 valence electrons. The number of para-hydroxylation sites is 1. The highest BCUT2D eigenvalue weighted by Gasteiger charge is 2.29. The van der Waals surface area contributed by atoms with Gasteiger partial charge in [-0.2, -0.15) is 5.10 Å². The van der Waals surface area contributed by atoms with Crippen LogP contribution in [0, 0.1) is 0 Å². The summed E-state index contributed by atoms with van der Waals surface area (Å²) in [4.78, 5) is 19.8. The standard InChI is InChI=1S/C17H19N5O3/c18-15-13(14(12-6-3-9-25-12)21-22(15)7-8-23)16-19-11-5-2-1-4-10(11)17(24)20-16/h1-2,4-5,12,23H,3,6-9,18H2,(H,19,20,24). The number of aliphatic hydroxyl groups is 1. The minimum Gasteiger partial charge on any atom is -0.394 e. The molecule has 1 aromatic carbocycles. The molecule has 1 atom stereocenters. The van der Waals surface area contributed by atoms with Crippen molar-refractivity contribution in [3.63, 3.8) is 0 Å². The molecule has 1 fully saturated rings. The number of H-pyrrole nitrogens is 1. The average Bonchev–Trinajstić information content (AvgIpc) is 3.24. The van der Waals surface area contributed by atoms with Crippen LogP contribution in [0.2, 0.25) is 0 Å². The molecule has 1 aliphatic heterocycles. The van der Waals surface area contributed by atoms with E-state index in [0.29, 0.717) is 40.4 Å². The first-order valence-corrected chi connectivity index (χ1v) is 8.27. The number of rotatable bonds is 4. The number of aliphatic hydroxyl groups excluding tert-OH is 1. The third kappa shape index (κ3) is 2.69. The zero-order valence-corrected chi connectivity index (χ0v) is 13.6. The Morgan fingerprint density at radius 3 is 3.00 bits per heavy atom. The highest BCUT2D eigenvalue weighted by atomic mass is 16.5. The molecule has 0 saturated carbocycles. The van der Waals surface area contributed by atoms with Crippen molar-refractivity contribution >= 4 is 16.7 Å². The summed E-state index contributed by atoms with van der Waals surface area (Å²) in [6.45, 7) is 0.847. The highest BCUT2D eigenvalue weighted by Crippen LogP contribution is 2.37. The van der Waals surface area contributed by atoms with Crippen molar-refractivity contribution in [1.29, 1.82) is 0 Å². The fourth-order valence-corrected chi connectivity index (χ4v) is 3.23. The summed E-state index contributed by atoms with van der Waals surface area (Å²) in [7, 11) is 0. The Kier molecular flexibility index (Phi) is 3.98. The summed E-state index contributed by atoms with van der Waals surface area (Å²) < 4.78 is 7.28. The van der Waals surface area contributed by atoms with E-state index in [1.54, 1.807) is 18.2 Å². The summed E-state index contributed by atoms with van der Waals surface area (Å²) in [6, 6.07) is 7.14. The van der Waals surface area contributed by atoms with Crippen LogP contribution in [0.15, 0.2) is 29.1 Å². The minimum atomic E-state index is -0.229. The normalized spacial score (nSPS) is 17.4. The number of ether oxygens (including phenoxy) is 1. The van der Waals surface area contributed by atoms with Gasteiger partial charge in [0, 0.05) is 6.61 Å². The number of nitrogens with one attached hydrogen (secondary N) is 1. The van der Waals surface area contributed by atoms with Gasteiger partial charge in [0.05, 0.1) is 29.6 Å². The van der Waals surface area contributed by atoms with Crippen LogP contribution >= 0.6 is 0 Å². The molecule has 25 heavy (non-hydrogen) atoms. The van der Waals surface area contributed by atoms with Crippen LogP contribution in [0.1, 0.15) is 24.6 Å². The predicted octanol–water partition coefficient (Wildman–Crippen LogP) is 1.21. The highest BCUT2D eigenvalue weighted by molar-refractivity contribution is 5.81. The lowest BCUT2D eigenvalue weighted by molar-refractivity contribution is 0.108. The smallest absolute Gasteiger partial charge is 0.259 e. The van der Waals surface area contributed by atoms with E-state index in [9.17, 15) is 9.90 Å². The molecule has 8 nitrogen and oxygen atoms in total. The van der Waals surface area contributed by atoms with Crippen molar-refractivity contribution in [2.24, 2.45) is 0 Å². The van der Waals surface area contributed by atoms with Gasteiger partial charge in [-0.25, -0.2) is 9.67 Å². The third-order valence-corrected chi connectivity index (χ3v) is 4.41. The van der Waals surface area contributed by atoms with Crippen molar-refractivity contribution in [2.75, 3.05) is 18.9 Å². The maximum atomic E-state index is 12.4. The van der Waals surface area contributed by atoms with Crippen LogP contribution in [-0.2, 0) is 11.3 Å². The number of benzene rings is 1. The summed E-state index contributed by atoms with van der Waals surface area (Å²) in [5.41, 5.74) is 7.85. The number of hydrogen-bond acceptors (Lipinski definition) is 6. The zero-order valence-electron chi connectivity index (χ0n) is 13.6. The van der Waals surface area contributed by atoms with Crippen LogP contribution in [0.25, 0.3) is 22.3 Å². The molecule has 2 aromatic heterocycles. The largest absolute Gasteiger partial charge is 0.394 e. The minimum absolute atomic E-state index is 0.0854. The molecule has 4 rings (SSSR count). The molecule has 0 amide bonds. The fraction of sp³-hybridized carbons (Fsp3) is 0.353. The third-order valence-electron chi connectivity index (χ3n) is 4.41. The zero-order chi connectivity index (χ0) is 17.4. The SMILES string of the molecule is Nc1c(-c2nc3ccccc3c(=O)[nH]2)c(C2CCCO2)nn1CCO. The van der Waals surface area contributed by atoms with E-state index >= 15 is 0 Å². The van der Waals surface area contributed by atoms with Crippen molar-refractivity contribution in [3.8, 4) is 11.4 Å². The number of nitrogens with two attached hydrogens (primary N) is 1. The summed E-state index contributed by atoms with van der Waals surface area (Å²) in [6.07, 6.45) is 1.59. The van der Waals surface area contributed by atoms with Gasteiger partial charge in [0.1, 0.15) is 23.4 Å². The van der Waals surface area contributed by atoms with E-state index in [0.717, 1.165) is 12.8 Å². The van der Waals surface area contributed by atoms with Gasteiger partial charge in [-0.3, -0.25) is 4.79 Å². The number of fused-ring (bicyclic) bond motifs is 1. The Hall–Kier alpha value is -2.71. The Balaban J connectivity index is 1.93. The molecule has 3 aromatic rings. The first kappa shape index (κ1) is 15.8. The molecule has 4 N–H and O–H groups in total. The number of nitrogen functional groups attached to an aromatic ring is 1. The molecule has 8 heteroatoms. The lowest BCUT2D eigenvalue weighted by Crippen LogP contribution is -2.11. The Morgan fingerprint density at radius 2 is 2.24 bits per heavy atom. The van der Waals surface area contributed by atoms with Crippen molar-refractivity contribution < 1.29 is 9.84 Å². The van der Waals surface area contributed by atoms with Crippen LogP contribution in [0.4, 0.5) is 5.82 Å². The second kappa shape index (κ2) is 6.30. The van der Waals surface area contributed by atoms with Crippen molar-refractivity contribution in [3.05, 3.63) is 40.3 Å². The predicted molar refractivity (Wildman–Crippen MR) is 93.0 cm³/mol. The Morgan fingerprint density at radius 1 is 1.40 bits per heavy atom. The summed E-state index contributed by atoms with van der Waals surface area (Å²) in [5, 5.41) is 14.3. The topological polar surface area (TPSA) is 119 Å². The lowest BCUT2D eigenvalue weighted by atomic mass is 10.1. The van der Waals surface area contributed by atoms with E-state index in [-0.39, 0.29) is 24.8 Å². The van der Waals surface area contributed by atoms with Crippen LogP contribution < -0.4 is 11.3 Å². The van der Waals surface area contributed by atoms with E-state index in [4.69, 9.17) is 10.5 Å². The molecule has 0 bridgehead atoms. The number of aromatic amines is 1. The molecular formula is C17H19N5O3. The molecule has 0 radical (unpaired) electrons. The fourth-order valence-electron chi connectivity index (χ4n) is 3.23. The van der Waals surface area contributed by atoms with Crippen molar-refractivity contribution in [1.82, 2.24) is 19.7 Å². The van der Waals surface area contributed by atoms with Gasteiger partial charge in [0.25, 0.3) is 5.56 Å². The van der Waals surface area contributed by atoms with E-state index in [2.05, 4.69) is 15.1 Å². The number of nitrogens with zero attached hydrogens (tertiary/aromatic N) is 3. The number of aromatic nitrogens is 4. The molecule has 0 spiro atoms. The van der Waals surface area contributed by atoms with Crippen LogP contribution in [0.3, 0.4) is 0 Å². The number of hydrogen-bond donors (Lipinski definition) is 3. The molecular weight excluding hydrogens is 322 g/mol. The maximum absolute atomic E-state index is 12.4. The van der Waals surface area contributed by atoms with Gasteiger partial charge in [0.2, 0.25) is 0 Å². The second-order valence-corrected chi connectivity index (χ2v) is 6.03. The van der Waals surface area contributed by atoms with Gasteiger partial charge in [0.15, 0.2) is 0 Å². The first-order chi connectivity index (χ1) is 12.2. The van der Waals surface area contributed by atoms with Gasteiger partial charge >= 0.3 is 0 Å². The second-order valence-electron chi connectivity index (χ2n) is 6.03. The van der Waals surface area contributed by atoms with Gasteiger partial charge < -0.3 is 20.6 Å². The summed E-state index contributed by atoms with van der Waals surface area (Å²) >= 11 is 0. The first-order valence-electron chi connectivity index (χ1n) is 8.27. The molecule has 1 aliphatic rings. The van der Waals surface area contributed by atoms with Crippen LogP contribution in [-0.4, -0.2) is 38.1 Å². The summed E-state index contributed by atoms with van der Waals surface area (Å²) in [5.74, 6) is 0.730. The van der Waals surface area contributed by atoms with E-state index in [1.165, 1.54) is 4.68 Å². The quantitative estimate of drug-likeness (QED) is 0.656. The monoisotopic (exact) mass is 341 g/mol. The van der Waals surface area contributed by atoms with Gasteiger partial charge in [-0.15, -0.1) is 0 Å². The van der Waals surface area contributed by atoms with Crippen LogP contribution in [0.5, 0.6) is 0 Å². The van der Waals surface area contributed by atoms with Gasteiger partial charge in [-0.05, 0) is 25.0 Å². The Labute approximate surface area is 143 Å². The molecule has 1 unspecified atom stereocenters. The molecule has 0 aliphatic carbocycles. The van der Waals surface area contributed by atoms with E-state index in [1.807, 2.05) is 6.07 Å². The van der Waals surface area contributed by atoms with Crippen molar-refractivity contribution in [2.45, 2.75) is 25.5 Å². The molecule has 1 saturated heterocycles. The number of anilines is 1. The Bertz CT molecular complexity index is 972. The lowest BCUT2D eigenvalue weighted by Gasteiger charge is -2.09. The average molecular weight is 341 g/mol. The van der Waals surface area contributed by atoms with E-state index < -0.39 is 0 Å². The molecule has 3 heterocycles. The maximum Gasteiger partial charge on any atom is 0.259 e.